The van der Waals surface area contributed by atoms with Crippen molar-refractivity contribution in [2.75, 3.05) is 13.9 Å². The van der Waals surface area contributed by atoms with Crippen LogP contribution in [0.25, 0.3) is 0 Å². The fraction of sp³-hybridized carbons (Fsp3) is 0.176. The van der Waals surface area contributed by atoms with E-state index in [0.717, 1.165) is 11.3 Å². The van der Waals surface area contributed by atoms with Gasteiger partial charge in [-0.25, -0.2) is 0 Å². The van der Waals surface area contributed by atoms with Gasteiger partial charge in [0.15, 0.2) is 16.6 Å². The largest absolute Gasteiger partial charge is 0.497 e. The number of hydrazone groups is 1. The third kappa shape index (κ3) is 4.61. The van der Waals surface area contributed by atoms with Crippen LogP contribution in [0.3, 0.4) is 0 Å². The maximum absolute atomic E-state index is 11.2. The molecule has 27 heavy (non-hydrogen) atoms. The molecule has 0 bridgehead atoms. The summed E-state index contributed by atoms with van der Waals surface area (Å²) in [4.78, 5) is 10.7. The van der Waals surface area contributed by atoms with Crippen LogP contribution >= 0.6 is 12.2 Å². The van der Waals surface area contributed by atoms with Gasteiger partial charge in [0.1, 0.15) is 5.75 Å². The second kappa shape index (κ2) is 8.32. The lowest BCUT2D eigenvalue weighted by Crippen LogP contribution is -2.31. The molecule has 0 radical (unpaired) electrons. The fourth-order valence-corrected chi connectivity index (χ4v) is 2.46. The van der Waals surface area contributed by atoms with Gasteiger partial charge in [-0.05, 0) is 36.0 Å². The van der Waals surface area contributed by atoms with Crippen molar-refractivity contribution in [1.82, 2.24) is 10.7 Å². The molecule has 2 aromatic rings. The van der Waals surface area contributed by atoms with Crippen LogP contribution in [-0.2, 0) is 6.54 Å². The minimum atomic E-state index is -0.510. The molecule has 0 spiro atoms. The van der Waals surface area contributed by atoms with Crippen molar-refractivity contribution in [2.24, 2.45) is 5.10 Å². The molecule has 1 aliphatic heterocycles. The van der Waals surface area contributed by atoms with Crippen LogP contribution in [0.2, 0.25) is 0 Å². The lowest BCUT2D eigenvalue weighted by Gasteiger charge is -2.07. The number of nitrogens with zero attached hydrogens (tertiary/aromatic N) is 2. The molecule has 1 heterocycles. The predicted octanol–water partition coefficient (Wildman–Crippen LogP) is 2.33. The molecule has 10 heteroatoms. The van der Waals surface area contributed by atoms with Crippen LogP contribution in [0.5, 0.6) is 17.2 Å². The topological polar surface area (TPSA) is 107 Å². The minimum Gasteiger partial charge on any atom is -0.497 e. The molecule has 9 nitrogen and oxygen atoms in total. The summed E-state index contributed by atoms with van der Waals surface area (Å²) in [6.45, 7) is 0.528. The summed E-state index contributed by atoms with van der Waals surface area (Å²) in [6, 6.07) is 10.3. The number of nitrogens with one attached hydrogen (secondary N) is 2. The van der Waals surface area contributed by atoms with Crippen molar-refractivity contribution in [2.45, 2.75) is 6.54 Å². The average molecular weight is 388 g/mol. The summed E-state index contributed by atoms with van der Waals surface area (Å²) >= 11 is 5.14. The van der Waals surface area contributed by atoms with Gasteiger partial charge in [0, 0.05) is 6.54 Å². The van der Waals surface area contributed by atoms with Gasteiger partial charge < -0.3 is 19.5 Å². The third-order valence-corrected chi connectivity index (χ3v) is 3.94. The molecule has 0 saturated carbocycles. The standard InChI is InChI=1S/C17H16N4O5S/c1-24-13-4-2-11(3-5-13)8-18-17(27)20-19-9-12-6-15-16(26-10-25-15)7-14(12)21(22)23/h2-7,9H,8,10H2,1H3,(H2,18,20,27)/b19-9-. The van der Waals surface area contributed by atoms with Crippen molar-refractivity contribution < 1.29 is 19.1 Å². The number of thiocarbonyl (C=S) groups is 1. The molecule has 0 aromatic heterocycles. The first-order valence-electron chi connectivity index (χ1n) is 7.84. The summed E-state index contributed by atoms with van der Waals surface area (Å²) in [7, 11) is 1.61. The van der Waals surface area contributed by atoms with Crippen molar-refractivity contribution in [3.05, 3.63) is 57.6 Å². The third-order valence-electron chi connectivity index (χ3n) is 3.70. The number of rotatable bonds is 6. The molecule has 2 aromatic carbocycles. The molecule has 0 amide bonds. The van der Waals surface area contributed by atoms with Gasteiger partial charge in [-0.2, -0.15) is 5.10 Å². The molecule has 0 aliphatic carbocycles. The van der Waals surface area contributed by atoms with Gasteiger partial charge in [0.25, 0.3) is 5.69 Å². The number of nitro benzene ring substituents is 1. The Morgan fingerprint density at radius 2 is 2.04 bits per heavy atom. The van der Waals surface area contributed by atoms with E-state index in [0.29, 0.717) is 18.0 Å². The Balaban J connectivity index is 1.58. The van der Waals surface area contributed by atoms with E-state index >= 15 is 0 Å². The Morgan fingerprint density at radius 1 is 1.33 bits per heavy atom. The van der Waals surface area contributed by atoms with E-state index < -0.39 is 4.92 Å². The summed E-state index contributed by atoms with van der Waals surface area (Å²) in [5, 5.41) is 18.4. The van der Waals surface area contributed by atoms with Gasteiger partial charge in [-0.1, -0.05) is 12.1 Å². The molecule has 0 atom stereocenters. The Labute approximate surface area is 160 Å². The molecule has 0 unspecified atom stereocenters. The van der Waals surface area contributed by atoms with Crippen molar-refractivity contribution in [3.8, 4) is 17.2 Å². The van der Waals surface area contributed by atoms with Gasteiger partial charge in [0.05, 0.1) is 29.9 Å². The monoisotopic (exact) mass is 388 g/mol. The van der Waals surface area contributed by atoms with Crippen LogP contribution < -0.4 is 25.0 Å². The lowest BCUT2D eigenvalue weighted by atomic mass is 10.1. The summed E-state index contributed by atoms with van der Waals surface area (Å²) in [5.41, 5.74) is 3.77. The van der Waals surface area contributed by atoms with Crippen LogP contribution in [-0.4, -0.2) is 30.2 Å². The summed E-state index contributed by atoms with van der Waals surface area (Å²) < 4.78 is 15.5. The molecule has 2 N–H and O–H groups in total. The highest BCUT2D eigenvalue weighted by Crippen LogP contribution is 2.37. The molecule has 3 rings (SSSR count). The fourth-order valence-electron chi connectivity index (χ4n) is 2.33. The summed E-state index contributed by atoms with van der Waals surface area (Å²) in [5.74, 6) is 1.54. The first kappa shape index (κ1) is 18.4. The van der Waals surface area contributed by atoms with Gasteiger partial charge >= 0.3 is 0 Å². The molecule has 140 valence electrons. The van der Waals surface area contributed by atoms with E-state index in [1.54, 1.807) is 7.11 Å². The van der Waals surface area contributed by atoms with Crippen LogP contribution in [0.15, 0.2) is 41.5 Å². The van der Waals surface area contributed by atoms with Gasteiger partial charge in [0.2, 0.25) is 6.79 Å². The summed E-state index contributed by atoms with van der Waals surface area (Å²) in [6.07, 6.45) is 1.31. The van der Waals surface area contributed by atoms with Gasteiger partial charge in [-0.3, -0.25) is 15.5 Å². The van der Waals surface area contributed by atoms with E-state index in [1.165, 1.54) is 18.3 Å². The Hall–Kier alpha value is -3.40. The minimum absolute atomic E-state index is 0.0324. The molecule has 0 saturated heterocycles. The number of fused-ring (bicyclic) bond motifs is 1. The smallest absolute Gasteiger partial charge is 0.282 e. The molecule has 0 fully saturated rings. The Bertz CT molecular complexity index is 886. The Kier molecular flexibility index (Phi) is 5.67. The number of nitro groups is 1. The zero-order valence-electron chi connectivity index (χ0n) is 14.3. The van der Waals surface area contributed by atoms with E-state index in [2.05, 4.69) is 15.8 Å². The first-order chi connectivity index (χ1) is 13.1. The second-order valence-corrected chi connectivity index (χ2v) is 5.83. The van der Waals surface area contributed by atoms with Crippen molar-refractivity contribution in [3.63, 3.8) is 0 Å². The number of hydrogen-bond donors (Lipinski definition) is 2. The zero-order valence-corrected chi connectivity index (χ0v) is 15.1. The highest BCUT2D eigenvalue weighted by atomic mass is 32.1. The Morgan fingerprint density at radius 3 is 2.70 bits per heavy atom. The number of methoxy groups -OCH3 is 1. The van der Waals surface area contributed by atoms with Gasteiger partial charge in [-0.15, -0.1) is 0 Å². The van der Waals surface area contributed by atoms with Crippen molar-refractivity contribution >= 4 is 29.2 Å². The quantitative estimate of drug-likeness (QED) is 0.336. The number of ether oxygens (including phenoxy) is 3. The van der Waals surface area contributed by atoms with E-state index in [-0.39, 0.29) is 23.2 Å². The van der Waals surface area contributed by atoms with E-state index in [1.807, 2.05) is 24.3 Å². The number of benzene rings is 2. The van der Waals surface area contributed by atoms with Crippen LogP contribution in [0, 0.1) is 10.1 Å². The number of hydrogen-bond acceptors (Lipinski definition) is 7. The highest BCUT2D eigenvalue weighted by molar-refractivity contribution is 7.80. The highest BCUT2D eigenvalue weighted by Gasteiger charge is 2.22. The maximum Gasteiger partial charge on any atom is 0.282 e. The predicted molar refractivity (Wildman–Crippen MR) is 102 cm³/mol. The average Bonchev–Trinajstić information content (AvgIpc) is 3.13. The SMILES string of the molecule is COc1ccc(CNC(=S)N/N=C\c2cc3c(cc2[N+](=O)[O-])OCO3)cc1. The van der Waals surface area contributed by atoms with Crippen LogP contribution in [0.1, 0.15) is 11.1 Å². The van der Waals surface area contributed by atoms with Crippen molar-refractivity contribution in [1.29, 1.82) is 0 Å². The molecular weight excluding hydrogens is 372 g/mol. The van der Waals surface area contributed by atoms with Crippen LogP contribution in [0.4, 0.5) is 5.69 Å². The van der Waals surface area contributed by atoms with E-state index in [9.17, 15) is 10.1 Å². The second-order valence-electron chi connectivity index (χ2n) is 5.42. The zero-order chi connectivity index (χ0) is 19.2. The first-order valence-corrected chi connectivity index (χ1v) is 8.25. The molecular formula is C17H16N4O5S. The normalized spacial score (nSPS) is 12.0. The van der Waals surface area contributed by atoms with E-state index in [4.69, 9.17) is 26.4 Å². The molecule has 1 aliphatic rings. The maximum atomic E-state index is 11.2. The lowest BCUT2D eigenvalue weighted by molar-refractivity contribution is -0.385.